The first-order valence-corrected chi connectivity index (χ1v) is 5.05. The van der Waals surface area contributed by atoms with E-state index < -0.39 is 0 Å². The lowest BCUT2D eigenvalue weighted by Gasteiger charge is -1.96. The maximum Gasteiger partial charge on any atom is 0.156 e. The number of hydrogen-bond donors (Lipinski definition) is 0. The zero-order valence-corrected chi connectivity index (χ0v) is 9.18. The first-order valence-electron chi connectivity index (χ1n) is 5.05. The topological polar surface area (TPSA) is 17.1 Å². The molecule has 0 aromatic heterocycles. The Bertz CT molecular complexity index is 221. The number of carbonyl (C=O) groups excluding carboxylic acids is 1. The van der Waals surface area contributed by atoms with E-state index in [0.717, 1.165) is 18.4 Å². The molecule has 0 aromatic rings. The van der Waals surface area contributed by atoms with Gasteiger partial charge in [-0.1, -0.05) is 44.9 Å². The van der Waals surface area contributed by atoms with Gasteiger partial charge in [-0.05, 0) is 25.3 Å². The van der Waals surface area contributed by atoms with E-state index in [0.29, 0.717) is 0 Å². The Morgan fingerprint density at radius 2 is 1.85 bits per heavy atom. The van der Waals surface area contributed by atoms with Gasteiger partial charge in [0.25, 0.3) is 0 Å². The Morgan fingerprint density at radius 1 is 1.31 bits per heavy atom. The van der Waals surface area contributed by atoms with Gasteiger partial charge in [0.15, 0.2) is 5.78 Å². The summed E-state index contributed by atoms with van der Waals surface area (Å²) in [7, 11) is 0. The Balaban J connectivity index is 0.000000424. The molecule has 0 heterocycles. The fraction of sp³-hybridized carbons (Fsp3) is 0.583. The summed E-state index contributed by atoms with van der Waals surface area (Å²) in [6.07, 6.45) is 7.18. The minimum absolute atomic E-state index is 0.208. The molecule has 0 N–H and O–H groups in total. The van der Waals surface area contributed by atoms with Crippen molar-refractivity contribution >= 4 is 5.78 Å². The number of Topliss-reactive ketones (excluding diaryl/α,β-unsaturated/α-hetero) is 1. The number of ketones is 1. The summed E-state index contributed by atoms with van der Waals surface area (Å²) in [5, 5.41) is 0. The molecule has 13 heavy (non-hydrogen) atoms. The minimum Gasteiger partial charge on any atom is -0.295 e. The Labute approximate surface area is 81.5 Å². The minimum atomic E-state index is 0.208. The first-order chi connectivity index (χ1) is 6.15. The van der Waals surface area contributed by atoms with Crippen LogP contribution < -0.4 is 0 Å². The van der Waals surface area contributed by atoms with Crippen molar-refractivity contribution in [3.63, 3.8) is 0 Å². The van der Waals surface area contributed by atoms with Crippen molar-refractivity contribution in [2.24, 2.45) is 0 Å². The van der Waals surface area contributed by atoms with Gasteiger partial charge in [0, 0.05) is 0 Å². The summed E-state index contributed by atoms with van der Waals surface area (Å²) in [6, 6.07) is 0. The van der Waals surface area contributed by atoms with Crippen molar-refractivity contribution in [1.82, 2.24) is 0 Å². The average molecular weight is 180 g/mol. The SMILES string of the molecule is CCC.CCC1=CC=C(C(C)=O)C1. The molecule has 0 aliphatic heterocycles. The Kier molecular flexibility index (Phi) is 6.21. The molecule has 0 saturated carbocycles. The molecule has 0 fully saturated rings. The van der Waals surface area contributed by atoms with E-state index in [1.165, 1.54) is 12.0 Å². The fourth-order valence-electron chi connectivity index (χ4n) is 1.07. The summed E-state index contributed by atoms with van der Waals surface area (Å²) in [5.41, 5.74) is 2.32. The van der Waals surface area contributed by atoms with Crippen molar-refractivity contribution in [1.29, 1.82) is 0 Å². The molecular formula is C12H20O. The lowest BCUT2D eigenvalue weighted by molar-refractivity contribution is -0.113. The quantitative estimate of drug-likeness (QED) is 0.634. The molecule has 74 valence electrons. The molecule has 0 unspecified atom stereocenters. The predicted molar refractivity (Wildman–Crippen MR) is 57.7 cm³/mol. The predicted octanol–water partition coefficient (Wildman–Crippen LogP) is 3.66. The van der Waals surface area contributed by atoms with Crippen LogP contribution in [-0.2, 0) is 4.79 Å². The van der Waals surface area contributed by atoms with Crippen LogP contribution in [0.4, 0.5) is 0 Å². The fourth-order valence-corrected chi connectivity index (χ4v) is 1.07. The normalized spacial score (nSPS) is 14.2. The highest BCUT2D eigenvalue weighted by Crippen LogP contribution is 2.21. The van der Waals surface area contributed by atoms with Crippen molar-refractivity contribution in [3.05, 3.63) is 23.3 Å². The molecule has 0 saturated heterocycles. The smallest absolute Gasteiger partial charge is 0.156 e. The summed E-state index contributed by atoms with van der Waals surface area (Å²) >= 11 is 0. The van der Waals surface area contributed by atoms with Gasteiger partial charge in [0.2, 0.25) is 0 Å². The van der Waals surface area contributed by atoms with Crippen LogP contribution in [0.3, 0.4) is 0 Å². The van der Waals surface area contributed by atoms with Gasteiger partial charge in [-0.3, -0.25) is 4.79 Å². The lowest BCUT2D eigenvalue weighted by atomic mass is 10.1. The molecule has 0 aromatic carbocycles. The van der Waals surface area contributed by atoms with Crippen LogP contribution in [0.1, 0.15) is 47.0 Å². The number of carbonyl (C=O) groups is 1. The number of rotatable bonds is 2. The molecule has 0 atom stereocenters. The largest absolute Gasteiger partial charge is 0.295 e. The number of allylic oxidation sites excluding steroid dienone is 4. The standard InChI is InChI=1S/C9H12O.C3H8/c1-3-8-4-5-9(6-8)7(2)10;1-3-2/h4-5H,3,6H2,1-2H3;3H2,1-2H3. The molecule has 1 heteroatoms. The third-order valence-corrected chi connectivity index (χ3v) is 1.84. The third-order valence-electron chi connectivity index (χ3n) is 1.84. The lowest BCUT2D eigenvalue weighted by Crippen LogP contribution is -1.93. The van der Waals surface area contributed by atoms with Crippen LogP contribution in [-0.4, -0.2) is 5.78 Å². The van der Waals surface area contributed by atoms with E-state index in [4.69, 9.17) is 0 Å². The highest BCUT2D eigenvalue weighted by Gasteiger charge is 2.09. The van der Waals surface area contributed by atoms with Crippen LogP contribution in [0.5, 0.6) is 0 Å². The van der Waals surface area contributed by atoms with Crippen molar-refractivity contribution in [2.75, 3.05) is 0 Å². The van der Waals surface area contributed by atoms with Crippen molar-refractivity contribution in [3.8, 4) is 0 Å². The molecule has 1 nitrogen and oxygen atoms in total. The van der Waals surface area contributed by atoms with Gasteiger partial charge in [0.1, 0.15) is 0 Å². The summed E-state index contributed by atoms with van der Waals surface area (Å²) in [5.74, 6) is 0.208. The zero-order chi connectivity index (χ0) is 10.3. The first kappa shape index (κ1) is 12.2. The van der Waals surface area contributed by atoms with Crippen molar-refractivity contribution < 1.29 is 4.79 Å². The molecular weight excluding hydrogens is 160 g/mol. The second-order valence-electron chi connectivity index (χ2n) is 3.31. The van der Waals surface area contributed by atoms with Gasteiger partial charge < -0.3 is 0 Å². The van der Waals surface area contributed by atoms with Crippen molar-refractivity contribution in [2.45, 2.75) is 47.0 Å². The van der Waals surface area contributed by atoms with E-state index in [9.17, 15) is 4.79 Å². The van der Waals surface area contributed by atoms with E-state index >= 15 is 0 Å². The van der Waals surface area contributed by atoms with Gasteiger partial charge in [-0.2, -0.15) is 0 Å². The Morgan fingerprint density at radius 3 is 2.08 bits per heavy atom. The van der Waals surface area contributed by atoms with Crippen LogP contribution in [0.15, 0.2) is 23.3 Å². The summed E-state index contributed by atoms with van der Waals surface area (Å²) < 4.78 is 0. The van der Waals surface area contributed by atoms with Crippen LogP contribution >= 0.6 is 0 Å². The Hall–Kier alpha value is -0.850. The van der Waals surface area contributed by atoms with Crippen LogP contribution in [0.25, 0.3) is 0 Å². The molecule has 0 radical (unpaired) electrons. The zero-order valence-electron chi connectivity index (χ0n) is 9.18. The van der Waals surface area contributed by atoms with Gasteiger partial charge in [0.05, 0.1) is 0 Å². The molecule has 0 amide bonds. The van der Waals surface area contributed by atoms with E-state index in [1.807, 2.05) is 6.08 Å². The molecule has 0 spiro atoms. The second-order valence-corrected chi connectivity index (χ2v) is 3.31. The van der Waals surface area contributed by atoms with E-state index in [1.54, 1.807) is 6.92 Å². The maximum atomic E-state index is 10.8. The van der Waals surface area contributed by atoms with Crippen LogP contribution in [0, 0.1) is 0 Å². The highest BCUT2D eigenvalue weighted by molar-refractivity contribution is 5.94. The van der Waals surface area contributed by atoms with Gasteiger partial charge in [-0.25, -0.2) is 0 Å². The van der Waals surface area contributed by atoms with Crippen LogP contribution in [0.2, 0.25) is 0 Å². The second kappa shape index (κ2) is 6.64. The van der Waals surface area contributed by atoms with Gasteiger partial charge in [-0.15, -0.1) is 0 Å². The summed E-state index contributed by atoms with van der Waals surface area (Å²) in [6.45, 7) is 7.99. The van der Waals surface area contributed by atoms with E-state index in [2.05, 4.69) is 26.8 Å². The number of hydrogen-bond acceptors (Lipinski definition) is 1. The maximum absolute atomic E-state index is 10.8. The highest BCUT2D eigenvalue weighted by atomic mass is 16.1. The monoisotopic (exact) mass is 180 g/mol. The molecule has 1 aliphatic carbocycles. The van der Waals surface area contributed by atoms with E-state index in [-0.39, 0.29) is 5.78 Å². The summed E-state index contributed by atoms with van der Waals surface area (Å²) in [4.78, 5) is 10.8. The molecule has 1 aliphatic rings. The average Bonchev–Trinajstić information content (AvgIpc) is 2.53. The third kappa shape index (κ3) is 4.66. The van der Waals surface area contributed by atoms with Gasteiger partial charge >= 0.3 is 0 Å². The molecule has 1 rings (SSSR count). The molecule has 0 bridgehead atoms.